The summed E-state index contributed by atoms with van der Waals surface area (Å²) in [4.78, 5) is 19.9. The predicted octanol–water partition coefficient (Wildman–Crippen LogP) is 4.41. The van der Waals surface area contributed by atoms with Gasteiger partial charge in [-0.1, -0.05) is 18.6 Å². The van der Waals surface area contributed by atoms with E-state index >= 15 is 0 Å². The number of para-hydroxylation sites is 2. The Bertz CT molecular complexity index is 1220. The van der Waals surface area contributed by atoms with E-state index in [0.717, 1.165) is 43.2 Å². The number of benzene rings is 2. The smallest absolute Gasteiger partial charge is 0.253 e. The average Bonchev–Trinajstić information content (AvgIpc) is 3.28. The Balaban J connectivity index is 1.31. The van der Waals surface area contributed by atoms with Crippen LogP contribution in [0.15, 0.2) is 57.8 Å². The molecule has 2 unspecified atom stereocenters. The van der Waals surface area contributed by atoms with Gasteiger partial charge in [0.15, 0.2) is 11.5 Å². The van der Waals surface area contributed by atoms with Crippen LogP contribution in [0.5, 0.6) is 0 Å². The molecular formula is C25H29N3O4S. The summed E-state index contributed by atoms with van der Waals surface area (Å²) >= 11 is 0. The Morgan fingerprint density at radius 3 is 2.55 bits per heavy atom. The molecule has 0 aliphatic carbocycles. The number of likely N-dealkylation sites (tertiary alicyclic amines) is 1. The van der Waals surface area contributed by atoms with Crippen LogP contribution in [-0.4, -0.2) is 54.2 Å². The topological polar surface area (TPSA) is 83.7 Å². The number of carbonyl (C=O) groups excluding carboxylic acids is 1. The Labute approximate surface area is 194 Å². The Hall–Kier alpha value is -2.71. The minimum Gasteiger partial charge on any atom is -0.440 e. The normalized spacial score (nSPS) is 22.5. The van der Waals surface area contributed by atoms with Crippen molar-refractivity contribution in [1.82, 2.24) is 14.2 Å². The van der Waals surface area contributed by atoms with Crippen molar-refractivity contribution >= 4 is 27.0 Å². The molecule has 0 spiro atoms. The maximum atomic E-state index is 13.2. The number of hydrogen-bond donors (Lipinski definition) is 0. The number of oxazole rings is 1. The van der Waals surface area contributed by atoms with Gasteiger partial charge in [-0.05, 0) is 69.0 Å². The highest BCUT2D eigenvalue weighted by molar-refractivity contribution is 7.89. The van der Waals surface area contributed by atoms with Gasteiger partial charge in [0.25, 0.3) is 5.91 Å². The molecule has 0 saturated carbocycles. The lowest BCUT2D eigenvalue weighted by Gasteiger charge is -2.32. The van der Waals surface area contributed by atoms with E-state index < -0.39 is 10.0 Å². The van der Waals surface area contributed by atoms with Gasteiger partial charge in [-0.2, -0.15) is 4.31 Å². The first-order valence-corrected chi connectivity index (χ1v) is 13.1. The van der Waals surface area contributed by atoms with E-state index in [0.29, 0.717) is 31.1 Å². The van der Waals surface area contributed by atoms with E-state index in [-0.39, 0.29) is 22.8 Å². The first kappa shape index (κ1) is 22.1. The van der Waals surface area contributed by atoms with Gasteiger partial charge in [-0.25, -0.2) is 13.4 Å². The molecule has 2 atom stereocenters. The van der Waals surface area contributed by atoms with Crippen molar-refractivity contribution in [2.24, 2.45) is 0 Å². The van der Waals surface area contributed by atoms with Gasteiger partial charge in [0.1, 0.15) is 5.52 Å². The van der Waals surface area contributed by atoms with Crippen LogP contribution in [-0.2, 0) is 10.0 Å². The molecule has 2 aliphatic rings. The minimum absolute atomic E-state index is 0.00204. The summed E-state index contributed by atoms with van der Waals surface area (Å²) in [6, 6.07) is 14.1. The monoisotopic (exact) mass is 467 g/mol. The molecule has 8 heteroatoms. The summed E-state index contributed by atoms with van der Waals surface area (Å²) in [6.45, 7) is 3.71. The summed E-state index contributed by atoms with van der Waals surface area (Å²) in [5.41, 5.74) is 2.09. The molecular weight excluding hydrogens is 438 g/mol. The lowest BCUT2D eigenvalue weighted by molar-refractivity contribution is 0.0699. The van der Waals surface area contributed by atoms with Gasteiger partial charge >= 0.3 is 0 Å². The van der Waals surface area contributed by atoms with Gasteiger partial charge in [0.2, 0.25) is 10.0 Å². The van der Waals surface area contributed by atoms with Crippen LogP contribution in [0.25, 0.3) is 11.1 Å². The summed E-state index contributed by atoms with van der Waals surface area (Å²) < 4.78 is 33.7. The van der Waals surface area contributed by atoms with Gasteiger partial charge in [0.05, 0.1) is 10.8 Å². The number of amides is 1. The molecule has 3 aromatic rings. The van der Waals surface area contributed by atoms with Crippen LogP contribution in [0.4, 0.5) is 0 Å². The van der Waals surface area contributed by atoms with E-state index in [4.69, 9.17) is 4.42 Å². The van der Waals surface area contributed by atoms with E-state index in [1.807, 2.05) is 36.1 Å². The second kappa shape index (κ2) is 8.91. The van der Waals surface area contributed by atoms with Crippen LogP contribution in [0.3, 0.4) is 0 Å². The van der Waals surface area contributed by atoms with Crippen LogP contribution >= 0.6 is 0 Å². The molecule has 5 rings (SSSR count). The van der Waals surface area contributed by atoms with Crippen LogP contribution in [0.2, 0.25) is 0 Å². The quantitative estimate of drug-likeness (QED) is 0.568. The highest BCUT2D eigenvalue weighted by atomic mass is 32.2. The first-order valence-electron chi connectivity index (χ1n) is 11.7. The van der Waals surface area contributed by atoms with Crippen molar-refractivity contribution in [1.29, 1.82) is 0 Å². The maximum Gasteiger partial charge on any atom is 0.253 e. The number of hydrogen-bond acceptors (Lipinski definition) is 5. The zero-order chi connectivity index (χ0) is 23.0. The van der Waals surface area contributed by atoms with Gasteiger partial charge < -0.3 is 9.32 Å². The first-order chi connectivity index (χ1) is 15.9. The molecule has 2 aromatic carbocycles. The molecule has 1 aromatic heterocycles. The molecule has 3 heterocycles. The van der Waals surface area contributed by atoms with Crippen molar-refractivity contribution in [2.45, 2.75) is 55.9 Å². The van der Waals surface area contributed by atoms with E-state index in [1.54, 1.807) is 28.6 Å². The van der Waals surface area contributed by atoms with Gasteiger partial charge in [-0.3, -0.25) is 4.79 Å². The van der Waals surface area contributed by atoms with Crippen LogP contribution in [0, 0.1) is 0 Å². The summed E-state index contributed by atoms with van der Waals surface area (Å²) in [5, 5.41) is 0. The molecule has 0 radical (unpaired) electrons. The molecule has 1 amide bonds. The number of carbonyl (C=O) groups is 1. The highest BCUT2D eigenvalue weighted by Crippen LogP contribution is 2.30. The van der Waals surface area contributed by atoms with Crippen molar-refractivity contribution in [3.05, 3.63) is 60.0 Å². The molecule has 0 N–H and O–H groups in total. The van der Waals surface area contributed by atoms with E-state index in [1.165, 1.54) is 0 Å². The second-order valence-corrected chi connectivity index (χ2v) is 11.0. The highest BCUT2D eigenvalue weighted by Gasteiger charge is 2.32. The fourth-order valence-electron chi connectivity index (χ4n) is 4.94. The zero-order valence-electron chi connectivity index (χ0n) is 18.8. The van der Waals surface area contributed by atoms with Crippen LogP contribution < -0.4 is 0 Å². The van der Waals surface area contributed by atoms with Crippen molar-refractivity contribution in [3.63, 3.8) is 0 Å². The lowest BCUT2D eigenvalue weighted by atomic mass is 9.97. The molecule has 0 bridgehead atoms. The summed E-state index contributed by atoms with van der Waals surface area (Å²) in [7, 11) is -3.55. The third-order valence-electron chi connectivity index (χ3n) is 6.82. The van der Waals surface area contributed by atoms with E-state index in [2.05, 4.69) is 4.98 Å². The Morgan fingerprint density at radius 2 is 1.79 bits per heavy atom. The molecule has 7 nitrogen and oxygen atoms in total. The fraction of sp³-hybridized carbons (Fsp3) is 0.440. The number of sulfonamides is 1. The molecule has 2 fully saturated rings. The number of piperidine rings is 2. The van der Waals surface area contributed by atoms with Gasteiger partial charge in [0, 0.05) is 31.2 Å². The minimum atomic E-state index is -3.55. The number of nitrogens with zero attached hydrogens (tertiary/aromatic N) is 3. The molecule has 174 valence electrons. The second-order valence-electron chi connectivity index (χ2n) is 9.10. The van der Waals surface area contributed by atoms with Crippen molar-refractivity contribution in [3.8, 4) is 0 Å². The predicted molar refractivity (Wildman–Crippen MR) is 126 cm³/mol. The fourth-order valence-corrected chi connectivity index (χ4v) is 6.64. The third kappa shape index (κ3) is 4.29. The van der Waals surface area contributed by atoms with Crippen molar-refractivity contribution in [2.75, 3.05) is 19.6 Å². The SMILES string of the molecule is CC1CCCCN1S(=O)(=O)c1ccc(C(=O)N2CCCC(c3nc4ccccc4o3)C2)cc1. The zero-order valence-corrected chi connectivity index (χ0v) is 19.6. The number of fused-ring (bicyclic) bond motifs is 1. The lowest BCUT2D eigenvalue weighted by Crippen LogP contribution is -2.42. The summed E-state index contributed by atoms with van der Waals surface area (Å²) in [5.74, 6) is 0.632. The summed E-state index contributed by atoms with van der Waals surface area (Å²) in [6.07, 6.45) is 4.61. The third-order valence-corrected chi connectivity index (χ3v) is 8.85. The maximum absolute atomic E-state index is 13.2. The molecule has 33 heavy (non-hydrogen) atoms. The standard InChI is InChI=1S/C25H29N3O4S/c1-18-7-4-5-16-28(18)33(30,31)21-13-11-19(12-14-21)25(29)27-15-6-8-20(17-27)24-26-22-9-2-3-10-23(22)32-24/h2-3,9-14,18,20H,4-8,15-17H2,1H3. The molecule has 2 aliphatic heterocycles. The molecule has 2 saturated heterocycles. The number of rotatable bonds is 4. The largest absolute Gasteiger partial charge is 0.440 e. The Morgan fingerprint density at radius 1 is 1.00 bits per heavy atom. The average molecular weight is 468 g/mol. The van der Waals surface area contributed by atoms with Crippen molar-refractivity contribution < 1.29 is 17.6 Å². The van der Waals surface area contributed by atoms with Crippen LogP contribution in [0.1, 0.15) is 61.2 Å². The van der Waals surface area contributed by atoms with E-state index in [9.17, 15) is 13.2 Å². The number of aromatic nitrogens is 1. The Kier molecular flexibility index (Phi) is 5.97. The van der Waals surface area contributed by atoms with Gasteiger partial charge in [-0.15, -0.1) is 0 Å².